The molecule has 33 heavy (non-hydrogen) atoms. The summed E-state index contributed by atoms with van der Waals surface area (Å²) in [6.45, 7) is 4.39. The molecule has 1 heteroatoms. The van der Waals surface area contributed by atoms with Crippen molar-refractivity contribution in [3.63, 3.8) is 0 Å². The molecule has 0 radical (unpaired) electrons. The van der Waals surface area contributed by atoms with Gasteiger partial charge >= 0.3 is 0 Å². The number of rotatable bonds is 8. The maximum atomic E-state index is 3.43. The van der Waals surface area contributed by atoms with Crippen molar-refractivity contribution < 1.29 is 0 Å². The second-order valence-electron chi connectivity index (χ2n) is 8.15. The average molecular weight is 430 g/mol. The highest BCUT2D eigenvalue weighted by Gasteiger charge is 2.05. The summed E-state index contributed by atoms with van der Waals surface area (Å²) in [6, 6.07) is 36.6. The molecule has 4 aromatic rings. The van der Waals surface area contributed by atoms with Gasteiger partial charge in [-0.1, -0.05) is 111 Å². The zero-order valence-electron chi connectivity index (χ0n) is 19.5. The van der Waals surface area contributed by atoms with Crippen LogP contribution in [0.4, 0.5) is 11.4 Å². The first kappa shape index (κ1) is 22.4. The molecule has 0 aliphatic heterocycles. The predicted octanol–water partition coefficient (Wildman–Crippen LogP) is 8.70. The predicted molar refractivity (Wildman–Crippen MR) is 144 cm³/mol. The first-order chi connectivity index (χ1) is 16.2. The van der Waals surface area contributed by atoms with Crippen molar-refractivity contribution in [2.75, 3.05) is 5.32 Å². The van der Waals surface area contributed by atoms with Gasteiger partial charge in [-0.05, 0) is 70.5 Å². The molecule has 4 rings (SSSR count). The summed E-state index contributed by atoms with van der Waals surface area (Å²) in [5.41, 5.74) is 9.79. The molecule has 0 saturated heterocycles. The Bertz CT molecular complexity index is 1150. The molecule has 0 aliphatic rings. The molecule has 0 atom stereocenters. The van der Waals surface area contributed by atoms with E-state index in [4.69, 9.17) is 0 Å². The van der Waals surface area contributed by atoms with Gasteiger partial charge in [0.05, 0.1) is 0 Å². The van der Waals surface area contributed by atoms with Crippen molar-refractivity contribution in [3.8, 4) is 0 Å². The van der Waals surface area contributed by atoms with Gasteiger partial charge in [0.25, 0.3) is 0 Å². The third-order valence-corrected chi connectivity index (χ3v) is 5.87. The molecule has 0 saturated carbocycles. The lowest BCUT2D eigenvalue weighted by Crippen LogP contribution is -1.90. The zero-order valence-corrected chi connectivity index (χ0v) is 19.5. The minimum absolute atomic E-state index is 1.06. The highest BCUT2D eigenvalue weighted by atomic mass is 14.9. The maximum absolute atomic E-state index is 3.43. The van der Waals surface area contributed by atoms with E-state index in [1.54, 1.807) is 0 Å². The Labute approximate surface area is 198 Å². The second-order valence-corrected chi connectivity index (χ2v) is 8.15. The van der Waals surface area contributed by atoms with Gasteiger partial charge in [0.15, 0.2) is 0 Å². The number of benzene rings is 4. The summed E-state index contributed by atoms with van der Waals surface area (Å²) in [4.78, 5) is 0. The molecule has 0 aromatic heterocycles. The maximum Gasteiger partial charge on any atom is 0.0384 e. The van der Waals surface area contributed by atoms with Gasteiger partial charge in [-0.2, -0.15) is 0 Å². The quantitative estimate of drug-likeness (QED) is 0.276. The molecule has 1 nitrogen and oxygen atoms in total. The van der Waals surface area contributed by atoms with Crippen LogP contribution >= 0.6 is 0 Å². The normalized spacial score (nSPS) is 10.8. The Morgan fingerprint density at radius 2 is 1.12 bits per heavy atom. The summed E-state index contributed by atoms with van der Waals surface area (Å²) in [7, 11) is 0. The number of anilines is 2. The fourth-order valence-electron chi connectivity index (χ4n) is 3.82. The van der Waals surface area contributed by atoms with Crippen LogP contribution in [0.15, 0.2) is 115 Å². The van der Waals surface area contributed by atoms with Crippen molar-refractivity contribution in [3.05, 3.63) is 143 Å². The Balaban J connectivity index is 1.56. The van der Waals surface area contributed by atoms with Crippen molar-refractivity contribution in [1.29, 1.82) is 0 Å². The van der Waals surface area contributed by atoms with E-state index in [9.17, 15) is 0 Å². The van der Waals surface area contributed by atoms with Crippen molar-refractivity contribution in [1.82, 2.24) is 0 Å². The van der Waals surface area contributed by atoms with Crippen LogP contribution in [-0.2, 0) is 12.8 Å². The Kier molecular flexibility index (Phi) is 7.56. The lowest BCUT2D eigenvalue weighted by atomic mass is 9.95. The number of para-hydroxylation sites is 1. The van der Waals surface area contributed by atoms with Gasteiger partial charge in [-0.3, -0.25) is 0 Å². The largest absolute Gasteiger partial charge is 0.356 e. The Morgan fingerprint density at radius 1 is 0.606 bits per heavy atom. The average Bonchev–Trinajstić information content (AvgIpc) is 2.88. The van der Waals surface area contributed by atoms with Crippen LogP contribution < -0.4 is 5.32 Å². The van der Waals surface area contributed by atoms with Gasteiger partial charge < -0.3 is 5.32 Å². The number of allylic oxidation sites excluding steroid dienone is 2. The van der Waals surface area contributed by atoms with Crippen molar-refractivity contribution >= 4 is 23.0 Å². The number of aryl methyl sites for hydroxylation is 2. The fourth-order valence-corrected chi connectivity index (χ4v) is 3.82. The van der Waals surface area contributed by atoms with E-state index in [1.165, 1.54) is 33.4 Å². The first-order valence-electron chi connectivity index (χ1n) is 11.7. The van der Waals surface area contributed by atoms with E-state index in [1.807, 2.05) is 18.2 Å². The van der Waals surface area contributed by atoms with Crippen molar-refractivity contribution in [2.24, 2.45) is 0 Å². The molecule has 1 N–H and O–H groups in total. The smallest absolute Gasteiger partial charge is 0.0384 e. The van der Waals surface area contributed by atoms with E-state index in [-0.39, 0.29) is 0 Å². The van der Waals surface area contributed by atoms with Gasteiger partial charge in [0.1, 0.15) is 0 Å². The standard InChI is InChI=1S/C32H31N/c1-3-25-13-19-28(20-14-25)32(29-21-15-26(4-2)16-22-29)12-8-9-27-17-23-31(24-18-27)33-30-10-6-5-7-11-30/h5-24,33H,3-4H2,1-2H3. The van der Waals surface area contributed by atoms with E-state index in [2.05, 4.69) is 122 Å². The van der Waals surface area contributed by atoms with Gasteiger partial charge in [0.2, 0.25) is 0 Å². The molecule has 0 heterocycles. The van der Waals surface area contributed by atoms with Crippen LogP contribution in [0.5, 0.6) is 0 Å². The van der Waals surface area contributed by atoms with Crippen LogP contribution in [0, 0.1) is 0 Å². The van der Waals surface area contributed by atoms with E-state index < -0.39 is 0 Å². The molecular weight excluding hydrogens is 398 g/mol. The summed E-state index contributed by atoms with van der Waals surface area (Å²) in [6.07, 6.45) is 8.64. The minimum Gasteiger partial charge on any atom is -0.356 e. The van der Waals surface area contributed by atoms with E-state index in [0.717, 1.165) is 24.2 Å². The van der Waals surface area contributed by atoms with Crippen LogP contribution in [-0.4, -0.2) is 0 Å². The lowest BCUT2D eigenvalue weighted by Gasteiger charge is -2.10. The van der Waals surface area contributed by atoms with Crippen molar-refractivity contribution in [2.45, 2.75) is 26.7 Å². The van der Waals surface area contributed by atoms with Gasteiger partial charge in [0, 0.05) is 11.4 Å². The van der Waals surface area contributed by atoms with Crippen LogP contribution in [0.2, 0.25) is 0 Å². The minimum atomic E-state index is 1.06. The molecule has 0 unspecified atom stereocenters. The fraction of sp³-hybridized carbons (Fsp3) is 0.125. The summed E-state index contributed by atoms with van der Waals surface area (Å²) in [5, 5.41) is 3.43. The summed E-state index contributed by atoms with van der Waals surface area (Å²) < 4.78 is 0. The SMILES string of the molecule is CCc1ccc(C(=CC=Cc2ccc(Nc3ccccc3)cc2)c2ccc(CC)cc2)cc1. The second kappa shape index (κ2) is 11.2. The van der Waals surface area contributed by atoms with Gasteiger partial charge in [-0.25, -0.2) is 0 Å². The molecule has 0 spiro atoms. The molecule has 164 valence electrons. The number of nitrogens with one attached hydrogen (secondary N) is 1. The molecular formula is C32H31N. The van der Waals surface area contributed by atoms with Crippen LogP contribution in [0.1, 0.15) is 41.7 Å². The summed E-state index contributed by atoms with van der Waals surface area (Å²) in [5.74, 6) is 0. The number of hydrogen-bond donors (Lipinski definition) is 1. The zero-order chi connectivity index (χ0) is 22.9. The van der Waals surface area contributed by atoms with Crippen LogP contribution in [0.3, 0.4) is 0 Å². The first-order valence-corrected chi connectivity index (χ1v) is 11.7. The highest BCUT2D eigenvalue weighted by molar-refractivity contribution is 5.81. The van der Waals surface area contributed by atoms with Gasteiger partial charge in [-0.15, -0.1) is 0 Å². The monoisotopic (exact) mass is 429 g/mol. The molecule has 4 aromatic carbocycles. The molecule has 0 fully saturated rings. The topological polar surface area (TPSA) is 12.0 Å². The Morgan fingerprint density at radius 3 is 1.64 bits per heavy atom. The third-order valence-electron chi connectivity index (χ3n) is 5.87. The summed E-state index contributed by atoms with van der Waals surface area (Å²) >= 11 is 0. The lowest BCUT2D eigenvalue weighted by molar-refractivity contribution is 1.14. The van der Waals surface area contributed by atoms with E-state index in [0.29, 0.717) is 0 Å². The highest BCUT2D eigenvalue weighted by Crippen LogP contribution is 2.25. The third kappa shape index (κ3) is 6.11. The van der Waals surface area contributed by atoms with E-state index >= 15 is 0 Å². The molecule has 0 aliphatic carbocycles. The molecule has 0 bridgehead atoms. The Hall–Kier alpha value is -3.84. The van der Waals surface area contributed by atoms with Crippen LogP contribution in [0.25, 0.3) is 11.6 Å². The molecule has 0 amide bonds. The number of hydrogen-bond acceptors (Lipinski definition) is 1.